The van der Waals surface area contributed by atoms with Gasteiger partial charge in [0.15, 0.2) is 42.9 Å². The third-order valence-electron chi connectivity index (χ3n) is 13.0. The van der Waals surface area contributed by atoms with Gasteiger partial charge in [-0.15, -0.1) is 0 Å². The van der Waals surface area contributed by atoms with Gasteiger partial charge in [-0.2, -0.15) is 0 Å². The first kappa shape index (κ1) is 59.4. The van der Waals surface area contributed by atoms with E-state index in [0.717, 1.165) is 7.11 Å². The van der Waals surface area contributed by atoms with E-state index >= 15 is 0 Å². The molecule has 1 N–H and O–H groups in total. The molecule has 0 bridgehead atoms. The van der Waals surface area contributed by atoms with E-state index in [2.05, 4.69) is 0 Å². The van der Waals surface area contributed by atoms with Crippen molar-refractivity contribution in [2.75, 3.05) is 20.3 Å². The van der Waals surface area contributed by atoms with E-state index in [1.165, 1.54) is 109 Å². The molecule has 22 heteroatoms. The van der Waals surface area contributed by atoms with Gasteiger partial charge >= 0.3 is 49.6 Å². The van der Waals surface area contributed by atoms with Crippen LogP contribution < -0.4 is 0 Å². The van der Waals surface area contributed by atoms with Crippen LogP contribution in [-0.4, -0.2) is 128 Å². The Balaban J connectivity index is 1.08. The molecule has 7 aromatic rings. The number of carbonyl (C=O) groups excluding carboxylic acids is 7. The molecule has 0 amide bonds. The number of methoxy groups -OCH3 is 1. The summed E-state index contributed by atoms with van der Waals surface area (Å²) in [6.07, 6.45) is -19.0. The van der Waals surface area contributed by atoms with Crippen molar-refractivity contribution in [3.63, 3.8) is 0 Å². The van der Waals surface area contributed by atoms with Gasteiger partial charge in [-0.05, 0) is 84.9 Å². The van der Waals surface area contributed by atoms with Crippen LogP contribution in [0.1, 0.15) is 72.5 Å². The van der Waals surface area contributed by atoms with E-state index in [4.69, 9.17) is 56.4 Å². The highest BCUT2D eigenvalue weighted by atomic mass is 31.2. The lowest BCUT2D eigenvalue weighted by Crippen LogP contribution is -2.63. The quantitative estimate of drug-likeness (QED) is 0.0402. The lowest BCUT2D eigenvalue weighted by Gasteiger charge is -2.45. The van der Waals surface area contributed by atoms with Crippen molar-refractivity contribution in [3.8, 4) is 0 Å². The second kappa shape index (κ2) is 28.2. The van der Waals surface area contributed by atoms with Gasteiger partial charge in [0.2, 0.25) is 6.29 Å². The minimum Gasteiger partial charge on any atom is -0.459 e. The predicted octanol–water partition coefficient (Wildman–Crippen LogP) is 8.43. The Morgan fingerprint density at radius 1 is 0.357 bits per heavy atom. The molecule has 11 atom stereocenters. The Morgan fingerprint density at radius 2 is 0.607 bits per heavy atom. The van der Waals surface area contributed by atoms with Crippen molar-refractivity contribution in [2.24, 2.45) is 0 Å². The summed E-state index contributed by atoms with van der Waals surface area (Å²) in [5.41, 5.74) is 0.0555. The van der Waals surface area contributed by atoms with Crippen LogP contribution in [0.4, 0.5) is 0 Å². The van der Waals surface area contributed by atoms with Gasteiger partial charge in [0.05, 0.1) is 45.6 Å². The molecule has 0 spiro atoms. The first-order chi connectivity index (χ1) is 40.7. The highest BCUT2D eigenvalue weighted by Gasteiger charge is 2.57. The molecule has 2 saturated heterocycles. The molecule has 2 heterocycles. The molecule has 9 rings (SSSR count). The van der Waals surface area contributed by atoms with Crippen LogP contribution in [0.2, 0.25) is 0 Å². The van der Waals surface area contributed by atoms with E-state index in [-0.39, 0.29) is 38.9 Å². The van der Waals surface area contributed by atoms with Crippen molar-refractivity contribution in [1.29, 1.82) is 0 Å². The maximum atomic E-state index is 14.8. The highest BCUT2D eigenvalue weighted by molar-refractivity contribution is 7.47. The summed E-state index contributed by atoms with van der Waals surface area (Å²) >= 11 is 0. The number of phosphoric ester groups is 1. The van der Waals surface area contributed by atoms with Crippen molar-refractivity contribution >= 4 is 49.6 Å². The van der Waals surface area contributed by atoms with Gasteiger partial charge in [-0.25, -0.2) is 38.1 Å². The summed E-state index contributed by atoms with van der Waals surface area (Å²) in [4.78, 5) is 110. The van der Waals surface area contributed by atoms with E-state index in [1.54, 1.807) is 103 Å². The summed E-state index contributed by atoms with van der Waals surface area (Å²) < 4.78 is 86.1. The largest absolute Gasteiger partial charge is 0.474 e. The molecule has 2 aliphatic heterocycles. The Hall–Kier alpha value is -9.18. The van der Waals surface area contributed by atoms with Crippen LogP contribution in [0.5, 0.6) is 0 Å². The number of phosphoric acid groups is 1. The second-order valence-corrected chi connectivity index (χ2v) is 20.0. The molecule has 2 fully saturated rings. The predicted molar refractivity (Wildman–Crippen MR) is 292 cm³/mol. The van der Waals surface area contributed by atoms with Crippen molar-refractivity contribution in [1.82, 2.24) is 0 Å². The van der Waals surface area contributed by atoms with Crippen LogP contribution >= 0.6 is 7.82 Å². The summed E-state index contributed by atoms with van der Waals surface area (Å²) in [6.45, 7) is -1.92. The maximum absolute atomic E-state index is 14.8. The van der Waals surface area contributed by atoms with E-state index < -0.39 is 124 Å². The van der Waals surface area contributed by atoms with Gasteiger partial charge in [0, 0.05) is 7.11 Å². The van der Waals surface area contributed by atoms with Crippen molar-refractivity contribution in [2.45, 2.75) is 61.4 Å². The second-order valence-electron chi connectivity index (χ2n) is 18.6. The summed E-state index contributed by atoms with van der Waals surface area (Å²) in [7, 11) is -4.59. The maximum Gasteiger partial charge on any atom is 0.474 e. The van der Waals surface area contributed by atoms with Crippen molar-refractivity contribution in [3.05, 3.63) is 251 Å². The lowest BCUT2D eigenvalue weighted by atomic mass is 9.97. The molecule has 432 valence electrons. The van der Waals surface area contributed by atoms with Gasteiger partial charge in [-0.1, -0.05) is 127 Å². The van der Waals surface area contributed by atoms with E-state index in [1.807, 2.05) is 0 Å². The van der Waals surface area contributed by atoms with Crippen LogP contribution in [0.15, 0.2) is 212 Å². The van der Waals surface area contributed by atoms with Crippen molar-refractivity contribution < 1.29 is 99.4 Å². The number of ether oxygens (including phenoxy) is 10. The molecule has 1 unspecified atom stereocenters. The Kier molecular flexibility index (Phi) is 20.0. The molecule has 21 nitrogen and oxygen atoms in total. The molecule has 84 heavy (non-hydrogen) atoms. The number of esters is 7. The van der Waals surface area contributed by atoms with Crippen LogP contribution in [0, 0.1) is 0 Å². The summed E-state index contributed by atoms with van der Waals surface area (Å²) in [5.74, 6) is -7.03. The number of carbonyl (C=O) groups is 7. The average molecular weight is 1170 g/mol. The van der Waals surface area contributed by atoms with Gasteiger partial charge in [0.1, 0.15) is 18.8 Å². The zero-order valence-electron chi connectivity index (χ0n) is 44.5. The molecular weight excluding hydrogens is 1110 g/mol. The van der Waals surface area contributed by atoms with Crippen LogP contribution in [-0.2, 0) is 61.0 Å². The third-order valence-corrected chi connectivity index (χ3v) is 13.9. The lowest BCUT2D eigenvalue weighted by molar-refractivity contribution is -0.293. The van der Waals surface area contributed by atoms with Gasteiger partial charge < -0.3 is 52.3 Å². The fourth-order valence-electron chi connectivity index (χ4n) is 8.84. The minimum absolute atomic E-state index is 0.00118. The fraction of sp³-hybridized carbons (Fsp3) is 0.210. The van der Waals surface area contributed by atoms with Gasteiger partial charge in [-0.3, -0.25) is 9.05 Å². The zero-order valence-corrected chi connectivity index (χ0v) is 45.3. The SMILES string of the molecule is CO[C@H]1O[C@H](COP(=O)(O)O[C@@H]2O[C@H](COC(=O)c3ccccc3)[C@@H](OC(=O)c3ccccc3)[C@H](OC(=O)c3ccccc3)[C@H]2OC(=O)c2ccccc2)[C@@H](OC(=O)c2ccccc2)[C@H](OC(=O)c2ccccc2)[C@H]1OC(=O)c1ccccc1. The smallest absolute Gasteiger partial charge is 0.459 e. The molecular formula is C62H53O21P. The Morgan fingerprint density at radius 3 is 0.917 bits per heavy atom. The van der Waals surface area contributed by atoms with Crippen LogP contribution in [0.25, 0.3) is 0 Å². The first-order valence-corrected chi connectivity index (χ1v) is 27.5. The number of benzene rings is 7. The molecule has 7 aromatic carbocycles. The zero-order chi connectivity index (χ0) is 59.0. The first-order valence-electron chi connectivity index (χ1n) is 26.0. The third kappa shape index (κ3) is 15.3. The number of hydrogen-bond acceptors (Lipinski definition) is 20. The van der Waals surface area contributed by atoms with Gasteiger partial charge in [0.25, 0.3) is 0 Å². The molecule has 0 saturated carbocycles. The monoisotopic (exact) mass is 1160 g/mol. The molecule has 2 aliphatic rings. The standard InChI is InChI=1S/C62H53O21P/c1-72-61-52(81-59(68)44-33-19-7-20-34-44)50(79-57(66)42-29-15-5-16-30-42)49(78-56(65)41-27-13-4-14-28-41)47(75-61)38-74-84(70,71)83-62-53(82-60(69)45-35-21-8-22-36-45)51(80-58(67)43-31-17-6-18-32-43)48(77-55(64)40-25-11-3-12-26-40)46(76-62)37-73-54(63)39-23-9-2-10-24-39/h2-36,46-53,61-62H,37-38H2,1H3,(H,70,71)/t46-,47-,48-,49-,50+,51+,52-,53-,61+,62+/m1/s1. The number of hydrogen-bond donors (Lipinski definition) is 1. The topological polar surface area (TPSA) is 268 Å². The Labute approximate surface area is 480 Å². The fourth-order valence-corrected chi connectivity index (χ4v) is 9.67. The summed E-state index contributed by atoms with van der Waals surface area (Å²) in [6, 6.07) is 53.1. The summed E-state index contributed by atoms with van der Waals surface area (Å²) in [5, 5.41) is 0. The molecule has 0 aliphatic carbocycles. The molecule has 0 aromatic heterocycles. The van der Waals surface area contributed by atoms with E-state index in [0.29, 0.717) is 0 Å². The molecule has 0 radical (unpaired) electrons. The average Bonchev–Trinajstić information content (AvgIpc) is 2.88. The minimum atomic E-state index is -5.75. The highest BCUT2D eigenvalue weighted by Crippen LogP contribution is 2.48. The Bertz CT molecular complexity index is 3400. The number of rotatable bonds is 21. The normalized spacial score (nSPS) is 22.5. The van der Waals surface area contributed by atoms with Crippen LogP contribution in [0.3, 0.4) is 0 Å². The van der Waals surface area contributed by atoms with E-state index in [9.17, 15) is 43.0 Å².